The van der Waals surface area contributed by atoms with Crippen LogP contribution in [0.1, 0.15) is 40.5 Å². The van der Waals surface area contributed by atoms with Crippen molar-refractivity contribution < 1.29 is 0 Å². The van der Waals surface area contributed by atoms with Gasteiger partial charge in [-0.15, -0.1) is 23.5 Å². The lowest BCUT2D eigenvalue weighted by Gasteiger charge is -2.21. The van der Waals surface area contributed by atoms with Crippen LogP contribution < -0.4 is 0 Å². The van der Waals surface area contributed by atoms with Crippen molar-refractivity contribution in [3.8, 4) is 0 Å². The van der Waals surface area contributed by atoms with Gasteiger partial charge in [0.05, 0.1) is 11.4 Å². The van der Waals surface area contributed by atoms with Gasteiger partial charge in [0.1, 0.15) is 0 Å². The van der Waals surface area contributed by atoms with Crippen molar-refractivity contribution in [3.05, 3.63) is 48.5 Å². The Labute approximate surface area is 165 Å². The van der Waals surface area contributed by atoms with Gasteiger partial charge in [-0.3, -0.25) is 9.98 Å². The first kappa shape index (κ1) is 19.2. The van der Waals surface area contributed by atoms with Crippen LogP contribution in [-0.2, 0) is 0 Å². The Morgan fingerprint density at radius 1 is 0.808 bits per heavy atom. The molecule has 2 aliphatic rings. The fraction of sp³-hybridized carbons (Fsp3) is 0.364. The van der Waals surface area contributed by atoms with E-state index in [0.29, 0.717) is 0 Å². The van der Waals surface area contributed by atoms with Crippen LogP contribution in [0, 0.1) is 0 Å². The van der Waals surface area contributed by atoms with Crippen molar-refractivity contribution in [3.63, 3.8) is 0 Å². The Kier molecular flexibility index (Phi) is 6.25. The molecule has 0 saturated carbocycles. The van der Waals surface area contributed by atoms with Gasteiger partial charge < -0.3 is 0 Å². The summed E-state index contributed by atoms with van der Waals surface area (Å²) in [6.07, 6.45) is 2.17. The van der Waals surface area contributed by atoms with E-state index in [-0.39, 0.29) is 4.75 Å². The minimum absolute atomic E-state index is 0.264. The molecule has 4 rings (SSSR count). The molecule has 0 saturated heterocycles. The maximum atomic E-state index is 4.63. The third-order valence-corrected chi connectivity index (χ3v) is 6.47. The van der Waals surface area contributed by atoms with Gasteiger partial charge >= 0.3 is 0 Å². The van der Waals surface area contributed by atoms with Crippen molar-refractivity contribution in [2.45, 2.75) is 55.1 Å². The highest BCUT2D eigenvalue weighted by atomic mass is 32.2. The molecule has 0 unspecified atom stereocenters. The normalized spacial score (nSPS) is 18.0. The topological polar surface area (TPSA) is 24.7 Å². The SMILES string of the molecule is CC1=Nc2ccccc2SC(C)(C)C1.CC1=Nc2ccccc2SCC1. The molecule has 0 radical (unpaired) electrons. The molecule has 0 aromatic heterocycles. The van der Waals surface area contributed by atoms with E-state index in [0.717, 1.165) is 30.0 Å². The standard InChI is InChI=1S/C12H15NS.C10H11NS/c1-9-8-12(2,3)14-11-7-5-4-6-10(11)13-9;1-8-6-7-12-10-5-3-2-4-9(10)11-8/h4-7H,8H2,1-3H3;2-5H,6-7H2,1H3. The summed E-state index contributed by atoms with van der Waals surface area (Å²) in [5, 5.41) is 0. The fourth-order valence-electron chi connectivity index (χ4n) is 3.07. The fourth-order valence-corrected chi connectivity index (χ4v) is 5.37. The maximum Gasteiger partial charge on any atom is 0.0764 e. The Bertz CT molecular complexity index is 838. The van der Waals surface area contributed by atoms with Crippen LogP contribution in [0.5, 0.6) is 0 Å². The molecule has 2 aromatic carbocycles. The minimum atomic E-state index is 0.264. The molecule has 2 nitrogen and oxygen atoms in total. The van der Waals surface area contributed by atoms with Crippen molar-refractivity contribution in [1.29, 1.82) is 0 Å². The molecule has 0 atom stereocenters. The first-order valence-electron chi connectivity index (χ1n) is 9.01. The predicted octanol–water partition coefficient (Wildman–Crippen LogP) is 7.33. The second-order valence-corrected chi connectivity index (χ2v) is 10.2. The van der Waals surface area contributed by atoms with Crippen molar-refractivity contribution >= 4 is 46.3 Å². The second-order valence-electron chi connectivity index (χ2n) is 7.27. The highest BCUT2D eigenvalue weighted by Gasteiger charge is 2.24. The number of hydrogen-bond donors (Lipinski definition) is 0. The summed E-state index contributed by atoms with van der Waals surface area (Å²) in [4.78, 5) is 11.8. The maximum absolute atomic E-state index is 4.63. The zero-order valence-corrected chi connectivity index (χ0v) is 17.6. The molecular formula is C22H26N2S2. The predicted molar refractivity (Wildman–Crippen MR) is 118 cm³/mol. The molecule has 0 aliphatic carbocycles. The highest BCUT2D eigenvalue weighted by Crippen LogP contribution is 2.42. The van der Waals surface area contributed by atoms with E-state index in [9.17, 15) is 0 Å². The zero-order valence-electron chi connectivity index (χ0n) is 16.0. The molecule has 136 valence electrons. The second kappa shape index (κ2) is 8.45. The number of para-hydroxylation sites is 2. The quantitative estimate of drug-likeness (QED) is 0.476. The van der Waals surface area contributed by atoms with Crippen LogP contribution in [0.3, 0.4) is 0 Å². The number of aliphatic imine (C=N–C) groups is 2. The minimum Gasteiger partial charge on any atom is -0.257 e. The van der Waals surface area contributed by atoms with Gasteiger partial charge in [0.15, 0.2) is 0 Å². The molecule has 26 heavy (non-hydrogen) atoms. The first-order chi connectivity index (χ1) is 12.4. The lowest BCUT2D eigenvalue weighted by Crippen LogP contribution is -2.16. The van der Waals surface area contributed by atoms with E-state index in [2.05, 4.69) is 80.1 Å². The van der Waals surface area contributed by atoms with Crippen LogP contribution in [0.15, 0.2) is 68.3 Å². The summed E-state index contributed by atoms with van der Waals surface area (Å²) in [5.74, 6) is 1.16. The van der Waals surface area contributed by atoms with Crippen LogP contribution in [0.4, 0.5) is 11.4 Å². The lowest BCUT2D eigenvalue weighted by molar-refractivity contribution is 0.748. The Balaban J connectivity index is 0.000000152. The summed E-state index contributed by atoms with van der Waals surface area (Å²) < 4.78 is 0.264. The molecule has 4 heteroatoms. The number of fused-ring (bicyclic) bond motifs is 2. The van der Waals surface area contributed by atoms with Gasteiger partial charge in [-0.05, 0) is 64.8 Å². The van der Waals surface area contributed by atoms with Crippen LogP contribution in [-0.4, -0.2) is 21.9 Å². The van der Waals surface area contributed by atoms with Crippen molar-refractivity contribution in [2.24, 2.45) is 9.98 Å². The Morgan fingerprint density at radius 3 is 2.12 bits per heavy atom. The van der Waals surface area contributed by atoms with Crippen LogP contribution in [0.2, 0.25) is 0 Å². The Hall–Kier alpha value is -1.52. The van der Waals surface area contributed by atoms with Crippen LogP contribution >= 0.6 is 23.5 Å². The molecule has 2 aromatic rings. The number of hydrogen-bond acceptors (Lipinski definition) is 4. The smallest absolute Gasteiger partial charge is 0.0764 e. The van der Waals surface area contributed by atoms with E-state index in [1.54, 1.807) is 0 Å². The van der Waals surface area contributed by atoms with Crippen LogP contribution in [0.25, 0.3) is 0 Å². The number of benzene rings is 2. The van der Waals surface area contributed by atoms with Gasteiger partial charge in [-0.25, -0.2) is 0 Å². The third-order valence-electron chi connectivity index (χ3n) is 4.14. The molecular weight excluding hydrogens is 356 g/mol. The van der Waals surface area contributed by atoms with Gasteiger partial charge in [0.2, 0.25) is 0 Å². The van der Waals surface area contributed by atoms with E-state index in [1.807, 2.05) is 29.6 Å². The summed E-state index contributed by atoms with van der Waals surface area (Å²) in [6, 6.07) is 16.7. The molecule has 0 amide bonds. The number of rotatable bonds is 0. The summed E-state index contributed by atoms with van der Waals surface area (Å²) in [7, 11) is 0. The Morgan fingerprint density at radius 2 is 1.38 bits per heavy atom. The molecule has 2 aliphatic heterocycles. The van der Waals surface area contributed by atoms with Gasteiger partial charge in [-0.1, -0.05) is 24.3 Å². The summed E-state index contributed by atoms with van der Waals surface area (Å²) >= 11 is 3.82. The van der Waals surface area contributed by atoms with Gasteiger partial charge in [0.25, 0.3) is 0 Å². The molecule has 0 bridgehead atoms. The average Bonchev–Trinajstić information content (AvgIpc) is 2.83. The molecule has 0 N–H and O–H groups in total. The summed E-state index contributed by atoms with van der Waals surface area (Å²) in [5.41, 5.74) is 4.73. The number of thioether (sulfide) groups is 2. The average molecular weight is 383 g/mol. The van der Waals surface area contributed by atoms with Gasteiger partial charge in [0, 0.05) is 31.7 Å². The van der Waals surface area contributed by atoms with E-state index in [4.69, 9.17) is 0 Å². The first-order valence-corrected chi connectivity index (χ1v) is 10.8. The molecule has 2 heterocycles. The zero-order chi connectivity index (χ0) is 18.6. The van der Waals surface area contributed by atoms with Gasteiger partial charge in [-0.2, -0.15) is 0 Å². The molecule has 0 fully saturated rings. The van der Waals surface area contributed by atoms with E-state index < -0.39 is 0 Å². The van der Waals surface area contributed by atoms with Crippen molar-refractivity contribution in [2.75, 3.05) is 5.75 Å². The monoisotopic (exact) mass is 382 g/mol. The van der Waals surface area contributed by atoms with Crippen molar-refractivity contribution in [1.82, 2.24) is 0 Å². The number of nitrogens with zero attached hydrogens (tertiary/aromatic N) is 2. The highest BCUT2D eigenvalue weighted by molar-refractivity contribution is 8.00. The molecule has 0 spiro atoms. The largest absolute Gasteiger partial charge is 0.257 e. The lowest BCUT2D eigenvalue weighted by atomic mass is 10.1. The third kappa shape index (κ3) is 5.24. The summed E-state index contributed by atoms with van der Waals surface area (Å²) in [6.45, 7) is 8.77. The van der Waals surface area contributed by atoms with E-state index in [1.165, 1.54) is 21.2 Å². The van der Waals surface area contributed by atoms with E-state index >= 15 is 0 Å².